The first-order valence-electron chi connectivity index (χ1n) is 19.0. The Morgan fingerprint density at radius 3 is 2.19 bits per heavy atom. The third-order valence-corrected chi connectivity index (χ3v) is 14.6. The molecule has 294 valence electrons. The van der Waals surface area contributed by atoms with E-state index in [9.17, 15) is 32.4 Å². The number of carbonyl (C=O) groups excluding carboxylic acids is 5. The molecule has 4 aliphatic rings. The van der Waals surface area contributed by atoms with Crippen LogP contribution in [0.5, 0.6) is 0 Å². The first kappa shape index (κ1) is 41.8. The molecule has 14 heteroatoms. The monoisotopic (exact) mass is 749 g/mol. The molecule has 1 aliphatic heterocycles. The summed E-state index contributed by atoms with van der Waals surface area (Å²) in [4.78, 5) is 69.9. The number of likely N-dealkylation sites (tertiary alicyclic amines) is 1. The summed E-state index contributed by atoms with van der Waals surface area (Å²) in [6.45, 7) is 19.1. The molecule has 5 atom stereocenters. The SMILES string of the molecule is C=CCNC(=O)C(=O)[C@H](CC1CC1)NC(=O)[C@@H]1[C@@H]2[C@H](CN1C(=O)[C@@H](NC(=O)NC1(CS(=O)(=O)C(C)(C)COCC)CCCCC1)C(C)(C)C)C2(C)C. The van der Waals surface area contributed by atoms with Crippen LogP contribution in [0, 0.1) is 28.6 Å². The number of amides is 5. The second kappa shape index (κ2) is 15.8. The number of piperidine rings is 1. The van der Waals surface area contributed by atoms with Gasteiger partial charge in [0.15, 0.2) is 9.84 Å². The van der Waals surface area contributed by atoms with Gasteiger partial charge in [0.2, 0.25) is 17.6 Å². The van der Waals surface area contributed by atoms with E-state index in [0.717, 1.165) is 32.1 Å². The molecule has 3 saturated carbocycles. The lowest BCUT2D eigenvalue weighted by atomic mass is 9.83. The minimum atomic E-state index is -3.72. The van der Waals surface area contributed by atoms with E-state index < -0.39 is 73.2 Å². The third-order valence-electron chi connectivity index (χ3n) is 11.8. The number of rotatable bonds is 17. The van der Waals surface area contributed by atoms with Gasteiger partial charge in [-0.15, -0.1) is 6.58 Å². The van der Waals surface area contributed by atoms with Crippen LogP contribution in [0.3, 0.4) is 0 Å². The summed E-state index contributed by atoms with van der Waals surface area (Å²) < 4.78 is 31.8. The smallest absolute Gasteiger partial charge is 0.315 e. The van der Waals surface area contributed by atoms with E-state index in [0.29, 0.717) is 32.4 Å². The van der Waals surface area contributed by atoms with E-state index in [1.54, 1.807) is 13.8 Å². The first-order valence-corrected chi connectivity index (χ1v) is 20.7. The molecule has 3 aliphatic carbocycles. The lowest BCUT2D eigenvalue weighted by molar-refractivity contribution is -0.145. The molecular weight excluding hydrogens is 687 g/mol. The maximum Gasteiger partial charge on any atom is 0.315 e. The number of ketones is 1. The van der Waals surface area contributed by atoms with Gasteiger partial charge in [-0.3, -0.25) is 19.2 Å². The fourth-order valence-corrected chi connectivity index (χ4v) is 9.89. The molecule has 0 bridgehead atoms. The molecule has 4 fully saturated rings. The molecule has 0 aromatic carbocycles. The number of hydrogen-bond donors (Lipinski definition) is 4. The van der Waals surface area contributed by atoms with Crippen molar-refractivity contribution in [2.24, 2.45) is 28.6 Å². The minimum absolute atomic E-state index is 0.0378. The molecule has 0 aromatic heterocycles. The van der Waals surface area contributed by atoms with Crippen molar-refractivity contribution in [1.82, 2.24) is 26.2 Å². The number of sulfone groups is 1. The summed E-state index contributed by atoms with van der Waals surface area (Å²) in [6, 6.07) is -3.61. The van der Waals surface area contributed by atoms with Crippen molar-refractivity contribution < 1.29 is 37.1 Å². The lowest BCUT2D eigenvalue weighted by Gasteiger charge is -2.41. The second-order valence-electron chi connectivity index (χ2n) is 17.9. The van der Waals surface area contributed by atoms with Gasteiger partial charge in [0.25, 0.3) is 5.91 Å². The number of nitrogens with one attached hydrogen (secondary N) is 4. The molecule has 1 heterocycles. The van der Waals surface area contributed by atoms with Crippen LogP contribution < -0.4 is 21.3 Å². The Morgan fingerprint density at radius 2 is 1.63 bits per heavy atom. The Bertz CT molecular complexity index is 1490. The number of ether oxygens (including phenoxy) is 1. The van der Waals surface area contributed by atoms with E-state index in [1.807, 2.05) is 27.7 Å². The van der Waals surface area contributed by atoms with E-state index in [1.165, 1.54) is 11.0 Å². The van der Waals surface area contributed by atoms with Crippen molar-refractivity contribution in [1.29, 1.82) is 0 Å². The van der Waals surface area contributed by atoms with Crippen LogP contribution in [0.4, 0.5) is 4.79 Å². The number of nitrogens with zero attached hydrogens (tertiary/aromatic N) is 1. The molecule has 0 aromatic rings. The van der Waals surface area contributed by atoms with Gasteiger partial charge in [-0.1, -0.05) is 72.8 Å². The zero-order valence-electron chi connectivity index (χ0n) is 32.6. The number of fused-ring (bicyclic) bond motifs is 1. The number of urea groups is 1. The highest BCUT2D eigenvalue weighted by Gasteiger charge is 2.70. The van der Waals surface area contributed by atoms with Crippen molar-refractivity contribution >= 4 is 39.4 Å². The highest BCUT2D eigenvalue weighted by Crippen LogP contribution is 2.65. The zero-order valence-corrected chi connectivity index (χ0v) is 33.4. The van der Waals surface area contributed by atoms with Gasteiger partial charge in [0, 0.05) is 19.7 Å². The molecule has 4 rings (SSSR count). The predicted molar refractivity (Wildman–Crippen MR) is 199 cm³/mol. The maximum atomic E-state index is 14.5. The van der Waals surface area contributed by atoms with E-state index in [2.05, 4.69) is 41.7 Å². The third kappa shape index (κ3) is 9.37. The van der Waals surface area contributed by atoms with Crippen molar-refractivity contribution in [2.75, 3.05) is 32.1 Å². The Kier molecular flexibility index (Phi) is 12.7. The Balaban J connectivity index is 1.54. The number of Topliss-reactive ketones (excluding diaryl/α,β-unsaturated/α-hetero) is 1. The highest BCUT2D eigenvalue weighted by atomic mass is 32.2. The van der Waals surface area contributed by atoms with Crippen molar-refractivity contribution in [3.63, 3.8) is 0 Å². The van der Waals surface area contributed by atoms with E-state index in [-0.39, 0.29) is 42.1 Å². The summed E-state index contributed by atoms with van der Waals surface area (Å²) in [7, 11) is -3.72. The van der Waals surface area contributed by atoms with Crippen LogP contribution in [0.2, 0.25) is 0 Å². The molecule has 13 nitrogen and oxygen atoms in total. The average molecular weight is 750 g/mol. The summed E-state index contributed by atoms with van der Waals surface area (Å²) in [5, 5.41) is 11.3. The molecular formula is C38H63N5O8S. The standard InChI is InChI=1S/C38H63N5O8S/c1-10-19-39-32(46)29(44)26(20-24-15-16-24)40-31(45)28-27-25(37(27,8)9)21-43(28)33(47)30(35(3,4)5)41-34(48)42-38(17-13-12-14-18-38)23-52(49,50)36(6,7)22-51-11-2/h10,24-28,30H,1,11-23H2,2-9H3,(H,39,46)(H,40,45)(H2,41,42,48)/t25-,26-,27-,28-,30+/m0/s1. The van der Waals surface area contributed by atoms with Crippen LogP contribution in [0.1, 0.15) is 107 Å². The molecule has 0 radical (unpaired) electrons. The Hall–Kier alpha value is -3.00. The molecule has 4 N–H and O–H groups in total. The first-order chi connectivity index (χ1) is 24.1. The average Bonchev–Trinajstić information content (AvgIpc) is 3.91. The van der Waals surface area contributed by atoms with E-state index in [4.69, 9.17) is 4.74 Å². The number of hydrogen-bond acceptors (Lipinski definition) is 8. The molecule has 0 unspecified atom stereocenters. The van der Waals surface area contributed by atoms with Gasteiger partial charge < -0.3 is 30.9 Å². The van der Waals surface area contributed by atoms with Gasteiger partial charge in [0.05, 0.1) is 28.7 Å². The molecule has 5 amide bonds. The fraction of sp³-hybridized carbons (Fsp3) is 0.816. The quantitative estimate of drug-likeness (QED) is 0.129. The zero-order chi connectivity index (χ0) is 38.9. The van der Waals surface area contributed by atoms with Gasteiger partial charge in [-0.25, -0.2) is 13.2 Å². The maximum absolute atomic E-state index is 14.5. The van der Waals surface area contributed by atoms with Gasteiger partial charge in [0.1, 0.15) is 12.1 Å². The summed E-state index contributed by atoms with van der Waals surface area (Å²) >= 11 is 0. The predicted octanol–water partition coefficient (Wildman–Crippen LogP) is 3.27. The fourth-order valence-electron chi connectivity index (χ4n) is 8.15. The lowest BCUT2D eigenvalue weighted by Crippen LogP contribution is -2.64. The van der Waals surface area contributed by atoms with Gasteiger partial charge >= 0.3 is 6.03 Å². The summed E-state index contributed by atoms with van der Waals surface area (Å²) in [5.74, 6) is -2.56. The molecule has 52 heavy (non-hydrogen) atoms. The second-order valence-corrected chi connectivity index (χ2v) is 20.5. The Labute approximate surface area is 310 Å². The normalized spacial score (nSPS) is 24.8. The van der Waals surface area contributed by atoms with Gasteiger partial charge in [-0.05, 0) is 68.6 Å². The van der Waals surface area contributed by atoms with Crippen LogP contribution >= 0.6 is 0 Å². The minimum Gasteiger partial charge on any atom is -0.380 e. The molecule has 1 saturated heterocycles. The number of carbonyl (C=O) groups is 5. The van der Waals surface area contributed by atoms with Gasteiger partial charge in [-0.2, -0.15) is 0 Å². The van der Waals surface area contributed by atoms with Crippen molar-refractivity contribution in [2.45, 2.75) is 135 Å². The van der Waals surface area contributed by atoms with Crippen molar-refractivity contribution in [3.05, 3.63) is 12.7 Å². The summed E-state index contributed by atoms with van der Waals surface area (Å²) in [6.07, 6.45) is 7.06. The van der Waals surface area contributed by atoms with Crippen LogP contribution in [0.15, 0.2) is 12.7 Å². The summed E-state index contributed by atoms with van der Waals surface area (Å²) in [5.41, 5.74) is -2.01. The van der Waals surface area contributed by atoms with Crippen LogP contribution in [0.25, 0.3) is 0 Å². The van der Waals surface area contributed by atoms with E-state index >= 15 is 0 Å². The van der Waals surface area contributed by atoms with Crippen molar-refractivity contribution in [3.8, 4) is 0 Å². The van der Waals surface area contributed by atoms with Crippen LogP contribution in [-0.4, -0.2) is 103 Å². The highest BCUT2D eigenvalue weighted by molar-refractivity contribution is 7.92. The Morgan fingerprint density at radius 1 is 1.00 bits per heavy atom. The van der Waals surface area contributed by atoms with Crippen LogP contribution in [-0.2, 0) is 33.8 Å². The largest absolute Gasteiger partial charge is 0.380 e. The topological polar surface area (TPSA) is 180 Å². The molecule has 0 spiro atoms.